The molecule has 1 aromatic rings. The standard InChI is InChI=1S/C18H23NO4/c1-4-5-6-7-8-13-11-17(20)19(18(13)21)15-12-14(22-2)9-10-16(15)23-3/h8-10,12H,4-7,11H2,1-3H3. The van der Waals surface area contributed by atoms with E-state index in [1.165, 1.54) is 19.1 Å². The zero-order chi connectivity index (χ0) is 16.8. The van der Waals surface area contributed by atoms with Gasteiger partial charge in [-0.1, -0.05) is 25.8 Å². The van der Waals surface area contributed by atoms with E-state index in [1.807, 2.05) is 6.08 Å². The lowest BCUT2D eigenvalue weighted by Gasteiger charge is -2.18. The highest BCUT2D eigenvalue weighted by Crippen LogP contribution is 2.36. The van der Waals surface area contributed by atoms with Gasteiger partial charge in [0.05, 0.1) is 26.3 Å². The van der Waals surface area contributed by atoms with Crippen LogP contribution >= 0.6 is 0 Å². The molecule has 0 saturated carbocycles. The van der Waals surface area contributed by atoms with E-state index in [1.54, 1.807) is 18.2 Å². The second kappa shape index (κ2) is 7.81. The molecule has 0 bridgehead atoms. The van der Waals surface area contributed by atoms with E-state index in [4.69, 9.17) is 9.47 Å². The molecule has 0 aromatic heterocycles. The van der Waals surface area contributed by atoms with Crippen molar-refractivity contribution >= 4 is 17.5 Å². The lowest BCUT2D eigenvalue weighted by molar-refractivity contribution is -0.120. The fraction of sp³-hybridized carbons (Fsp3) is 0.444. The van der Waals surface area contributed by atoms with E-state index in [-0.39, 0.29) is 18.2 Å². The highest BCUT2D eigenvalue weighted by molar-refractivity contribution is 6.28. The van der Waals surface area contributed by atoms with Gasteiger partial charge in [-0.3, -0.25) is 9.59 Å². The van der Waals surface area contributed by atoms with E-state index >= 15 is 0 Å². The number of rotatable bonds is 7. The van der Waals surface area contributed by atoms with Crippen LogP contribution in [-0.2, 0) is 9.59 Å². The SMILES string of the molecule is CCCCCC=C1CC(=O)N(c2cc(OC)ccc2OC)C1=O. The van der Waals surface area contributed by atoms with E-state index < -0.39 is 0 Å². The average molecular weight is 317 g/mol. The third kappa shape index (κ3) is 3.73. The van der Waals surface area contributed by atoms with Crippen molar-refractivity contribution in [3.8, 4) is 11.5 Å². The molecule has 1 heterocycles. The van der Waals surface area contributed by atoms with Gasteiger partial charge in [0.1, 0.15) is 11.5 Å². The minimum Gasteiger partial charge on any atom is -0.497 e. The van der Waals surface area contributed by atoms with Gasteiger partial charge in [-0.25, -0.2) is 4.90 Å². The van der Waals surface area contributed by atoms with Crippen LogP contribution < -0.4 is 14.4 Å². The molecule has 1 fully saturated rings. The molecule has 2 rings (SSSR count). The number of allylic oxidation sites excluding steroid dienone is 1. The molecule has 0 radical (unpaired) electrons. The van der Waals surface area contributed by atoms with Crippen LogP contribution in [0, 0.1) is 0 Å². The number of carbonyl (C=O) groups is 2. The summed E-state index contributed by atoms with van der Waals surface area (Å²) in [5, 5.41) is 0. The average Bonchev–Trinajstić information content (AvgIpc) is 2.85. The molecule has 124 valence electrons. The smallest absolute Gasteiger partial charge is 0.261 e. The number of anilines is 1. The molecule has 5 heteroatoms. The quantitative estimate of drug-likeness (QED) is 0.439. The molecule has 0 atom stereocenters. The number of hydrogen-bond donors (Lipinski definition) is 0. The van der Waals surface area contributed by atoms with Crippen LogP contribution in [0.4, 0.5) is 5.69 Å². The van der Waals surface area contributed by atoms with Gasteiger partial charge >= 0.3 is 0 Å². The number of amides is 2. The summed E-state index contributed by atoms with van der Waals surface area (Å²) < 4.78 is 10.5. The number of unbranched alkanes of at least 4 members (excludes halogenated alkanes) is 3. The topological polar surface area (TPSA) is 55.8 Å². The first-order valence-electron chi connectivity index (χ1n) is 7.90. The van der Waals surface area contributed by atoms with Crippen molar-refractivity contribution in [1.82, 2.24) is 0 Å². The van der Waals surface area contributed by atoms with Crippen LogP contribution in [-0.4, -0.2) is 26.0 Å². The van der Waals surface area contributed by atoms with Gasteiger partial charge in [-0.15, -0.1) is 0 Å². The largest absolute Gasteiger partial charge is 0.497 e. The first kappa shape index (κ1) is 17.1. The maximum atomic E-state index is 12.6. The van der Waals surface area contributed by atoms with Gasteiger partial charge in [-0.2, -0.15) is 0 Å². The maximum Gasteiger partial charge on any atom is 0.261 e. The lowest BCUT2D eigenvalue weighted by Crippen LogP contribution is -2.29. The summed E-state index contributed by atoms with van der Waals surface area (Å²) in [5.74, 6) is 0.544. The van der Waals surface area contributed by atoms with Crippen molar-refractivity contribution in [2.75, 3.05) is 19.1 Å². The number of carbonyl (C=O) groups excluding carboxylic acids is 2. The van der Waals surface area contributed by atoms with Crippen molar-refractivity contribution < 1.29 is 19.1 Å². The van der Waals surface area contributed by atoms with E-state index in [2.05, 4.69) is 6.92 Å². The van der Waals surface area contributed by atoms with Gasteiger partial charge in [0, 0.05) is 11.6 Å². The van der Waals surface area contributed by atoms with E-state index in [0.717, 1.165) is 25.7 Å². The van der Waals surface area contributed by atoms with Crippen LogP contribution in [0.15, 0.2) is 29.8 Å². The molecule has 2 amide bonds. The summed E-state index contributed by atoms with van der Waals surface area (Å²) in [7, 11) is 3.05. The summed E-state index contributed by atoms with van der Waals surface area (Å²) in [6, 6.07) is 5.07. The van der Waals surface area contributed by atoms with Gasteiger partial charge in [0.2, 0.25) is 5.91 Å². The summed E-state index contributed by atoms with van der Waals surface area (Å²) in [5.41, 5.74) is 0.995. The Morgan fingerprint density at radius 1 is 1.17 bits per heavy atom. The highest BCUT2D eigenvalue weighted by Gasteiger charge is 2.36. The van der Waals surface area contributed by atoms with Crippen molar-refractivity contribution in [3.05, 3.63) is 29.8 Å². The number of nitrogens with zero attached hydrogens (tertiary/aromatic N) is 1. The molecule has 0 spiro atoms. The second-order valence-corrected chi connectivity index (χ2v) is 5.47. The Morgan fingerprint density at radius 2 is 1.96 bits per heavy atom. The number of ether oxygens (including phenoxy) is 2. The van der Waals surface area contributed by atoms with Gasteiger partial charge in [-0.05, 0) is 25.0 Å². The Balaban J connectivity index is 2.26. The summed E-state index contributed by atoms with van der Waals surface area (Å²) >= 11 is 0. The summed E-state index contributed by atoms with van der Waals surface area (Å²) in [4.78, 5) is 26.1. The van der Waals surface area contributed by atoms with Crippen LogP contribution in [0.5, 0.6) is 11.5 Å². The highest BCUT2D eigenvalue weighted by atomic mass is 16.5. The predicted molar refractivity (Wildman–Crippen MR) is 88.9 cm³/mol. The third-order valence-corrected chi connectivity index (χ3v) is 3.89. The first-order chi connectivity index (χ1) is 11.1. The molecule has 0 N–H and O–H groups in total. The fourth-order valence-corrected chi connectivity index (χ4v) is 2.62. The molecule has 0 aliphatic carbocycles. The maximum absolute atomic E-state index is 12.6. The van der Waals surface area contributed by atoms with Crippen molar-refractivity contribution in [2.24, 2.45) is 0 Å². The fourth-order valence-electron chi connectivity index (χ4n) is 2.62. The second-order valence-electron chi connectivity index (χ2n) is 5.47. The van der Waals surface area contributed by atoms with Crippen LogP contribution in [0.3, 0.4) is 0 Å². The molecule has 23 heavy (non-hydrogen) atoms. The molecular weight excluding hydrogens is 294 g/mol. The van der Waals surface area contributed by atoms with Crippen LogP contribution in [0.1, 0.15) is 39.0 Å². The number of methoxy groups -OCH3 is 2. The Kier molecular flexibility index (Phi) is 5.79. The van der Waals surface area contributed by atoms with Crippen molar-refractivity contribution in [3.63, 3.8) is 0 Å². The predicted octanol–water partition coefficient (Wildman–Crippen LogP) is 3.47. The molecule has 1 saturated heterocycles. The van der Waals surface area contributed by atoms with Gasteiger partial charge in [0.15, 0.2) is 0 Å². The number of imide groups is 1. The minimum absolute atomic E-state index is 0.144. The Labute approximate surface area is 136 Å². The van der Waals surface area contributed by atoms with Crippen molar-refractivity contribution in [2.45, 2.75) is 39.0 Å². The van der Waals surface area contributed by atoms with Crippen LogP contribution in [0.25, 0.3) is 0 Å². The minimum atomic E-state index is -0.266. The van der Waals surface area contributed by atoms with Gasteiger partial charge in [0.25, 0.3) is 5.91 Å². The first-order valence-corrected chi connectivity index (χ1v) is 7.90. The molecule has 1 aromatic carbocycles. The van der Waals surface area contributed by atoms with E-state index in [9.17, 15) is 9.59 Å². The zero-order valence-corrected chi connectivity index (χ0v) is 13.9. The Morgan fingerprint density at radius 3 is 2.61 bits per heavy atom. The third-order valence-electron chi connectivity index (χ3n) is 3.89. The summed E-state index contributed by atoms with van der Waals surface area (Å²) in [6.45, 7) is 2.13. The number of hydrogen-bond acceptors (Lipinski definition) is 4. The number of benzene rings is 1. The Bertz CT molecular complexity index is 621. The zero-order valence-electron chi connectivity index (χ0n) is 13.9. The molecule has 1 aliphatic heterocycles. The van der Waals surface area contributed by atoms with E-state index in [0.29, 0.717) is 22.8 Å². The van der Waals surface area contributed by atoms with Gasteiger partial charge < -0.3 is 9.47 Å². The molecule has 5 nitrogen and oxygen atoms in total. The molecule has 1 aliphatic rings. The molecule has 0 unspecified atom stereocenters. The lowest BCUT2D eigenvalue weighted by atomic mass is 10.1. The molecular formula is C18H23NO4. The van der Waals surface area contributed by atoms with Crippen LogP contribution in [0.2, 0.25) is 0 Å². The normalized spacial score (nSPS) is 16.3. The monoisotopic (exact) mass is 317 g/mol. The Hall–Kier alpha value is -2.30. The summed E-state index contributed by atoms with van der Waals surface area (Å²) in [6.07, 6.45) is 6.14. The van der Waals surface area contributed by atoms with Crippen molar-refractivity contribution in [1.29, 1.82) is 0 Å².